The fraction of sp³-hybridized carbons (Fsp3) is 0.471. The number of rotatable bonds is 0. The first kappa shape index (κ1) is 10.4. The van der Waals surface area contributed by atoms with Crippen molar-refractivity contribution in [3.63, 3.8) is 0 Å². The number of hydrogen-bond acceptors (Lipinski definition) is 2. The maximum Gasteiger partial charge on any atom is 0.0675 e. The minimum Gasteiger partial charge on any atom is -0.298 e. The Hall–Kier alpha value is -1.41. The molecule has 1 spiro atoms. The van der Waals surface area contributed by atoms with E-state index in [1.165, 1.54) is 49.3 Å². The quantitative estimate of drug-likeness (QED) is 0.691. The lowest BCUT2D eigenvalue weighted by Crippen LogP contribution is -2.54. The predicted molar refractivity (Wildman–Crippen MR) is 77.1 cm³/mol. The number of piperidine rings is 1. The largest absolute Gasteiger partial charge is 0.298 e. The van der Waals surface area contributed by atoms with Gasteiger partial charge in [0.2, 0.25) is 0 Å². The molecule has 1 aromatic carbocycles. The second kappa shape index (κ2) is 3.37. The highest BCUT2D eigenvalue weighted by molar-refractivity contribution is 6.10. The van der Waals surface area contributed by atoms with Crippen molar-refractivity contribution in [2.75, 3.05) is 13.1 Å². The summed E-state index contributed by atoms with van der Waals surface area (Å²) < 4.78 is 0. The molecule has 0 radical (unpaired) electrons. The molecule has 4 aliphatic rings. The molecule has 2 nitrogen and oxygen atoms in total. The Balaban J connectivity index is 1.78. The first-order valence-corrected chi connectivity index (χ1v) is 7.50. The van der Waals surface area contributed by atoms with Crippen LogP contribution in [0.3, 0.4) is 0 Å². The molecule has 96 valence electrons. The Kier molecular flexibility index (Phi) is 1.84. The van der Waals surface area contributed by atoms with Gasteiger partial charge in [0.05, 0.1) is 16.8 Å². The van der Waals surface area contributed by atoms with E-state index in [1.807, 2.05) is 0 Å². The number of nitrogens with zero attached hydrogens (tertiary/aromatic N) is 2. The maximum absolute atomic E-state index is 4.94. The van der Waals surface area contributed by atoms with Gasteiger partial charge in [-0.3, -0.25) is 9.89 Å². The summed E-state index contributed by atoms with van der Waals surface area (Å²) >= 11 is 0. The highest BCUT2D eigenvalue weighted by Gasteiger charge is 2.58. The van der Waals surface area contributed by atoms with E-state index in [0.717, 1.165) is 5.92 Å². The standard InChI is InChI=1S/C17H18N2/c1-2-6-14-13(5-1)17-9-11-19-10-3-4-12(16(17)19)7-8-15(17)18-14/h1-2,5-8,12,16H,3-4,9-11H2/t12-,16-,17-/m0/s1. The van der Waals surface area contributed by atoms with Crippen LogP contribution in [0.1, 0.15) is 24.8 Å². The van der Waals surface area contributed by atoms with Crippen molar-refractivity contribution < 1.29 is 0 Å². The van der Waals surface area contributed by atoms with Gasteiger partial charge in [-0.2, -0.15) is 0 Å². The van der Waals surface area contributed by atoms with E-state index < -0.39 is 0 Å². The second-order valence-corrected chi connectivity index (χ2v) is 6.38. The molecule has 1 aromatic rings. The molecule has 2 saturated heterocycles. The molecular weight excluding hydrogens is 232 g/mol. The van der Waals surface area contributed by atoms with Crippen molar-refractivity contribution in [3.8, 4) is 0 Å². The summed E-state index contributed by atoms with van der Waals surface area (Å²) in [6, 6.07) is 9.48. The number of allylic oxidation sites excluding steroid dienone is 1. The number of benzene rings is 1. The Labute approximate surface area is 113 Å². The molecule has 2 heteroatoms. The van der Waals surface area contributed by atoms with Crippen LogP contribution in [0.15, 0.2) is 41.4 Å². The zero-order valence-corrected chi connectivity index (χ0v) is 11.0. The van der Waals surface area contributed by atoms with Crippen LogP contribution in [0.4, 0.5) is 5.69 Å². The van der Waals surface area contributed by atoms with Crippen LogP contribution in [0, 0.1) is 5.92 Å². The monoisotopic (exact) mass is 250 g/mol. The van der Waals surface area contributed by atoms with Gasteiger partial charge in [0, 0.05) is 6.04 Å². The van der Waals surface area contributed by atoms with Crippen molar-refractivity contribution in [1.82, 2.24) is 4.90 Å². The van der Waals surface area contributed by atoms with Gasteiger partial charge in [0.1, 0.15) is 0 Å². The molecule has 0 amide bonds. The number of aliphatic imine (C=N–C) groups is 1. The van der Waals surface area contributed by atoms with Crippen LogP contribution < -0.4 is 0 Å². The summed E-state index contributed by atoms with van der Waals surface area (Å²) in [7, 11) is 0. The number of para-hydroxylation sites is 1. The van der Waals surface area contributed by atoms with Crippen LogP contribution in [-0.4, -0.2) is 29.7 Å². The summed E-state index contributed by atoms with van der Waals surface area (Å²) in [5.74, 6) is 0.737. The lowest BCUT2D eigenvalue weighted by molar-refractivity contribution is 0.135. The molecule has 0 bridgehead atoms. The van der Waals surface area contributed by atoms with Gasteiger partial charge in [0.25, 0.3) is 0 Å². The highest BCUT2D eigenvalue weighted by Crippen LogP contribution is 2.55. The molecular formula is C17H18N2. The van der Waals surface area contributed by atoms with Crippen LogP contribution in [0.25, 0.3) is 0 Å². The van der Waals surface area contributed by atoms with Crippen molar-refractivity contribution in [2.24, 2.45) is 10.9 Å². The molecule has 19 heavy (non-hydrogen) atoms. The van der Waals surface area contributed by atoms with Crippen molar-refractivity contribution >= 4 is 11.4 Å². The molecule has 3 heterocycles. The Morgan fingerprint density at radius 3 is 3.16 bits per heavy atom. The molecule has 0 N–H and O–H groups in total. The summed E-state index contributed by atoms with van der Waals surface area (Å²) in [6.07, 6.45) is 8.74. The molecule has 3 aliphatic heterocycles. The smallest absolute Gasteiger partial charge is 0.0675 e. The molecule has 2 fully saturated rings. The second-order valence-electron chi connectivity index (χ2n) is 6.38. The predicted octanol–water partition coefficient (Wildman–Crippen LogP) is 3.06. The normalized spacial score (nSPS) is 38.6. The number of hydrogen-bond donors (Lipinski definition) is 0. The SMILES string of the molecule is C1=C[C@@H]2CCCN3CC[C@]4(C1=Nc1ccccc14)[C@H]23. The van der Waals surface area contributed by atoms with Crippen molar-refractivity contribution in [2.45, 2.75) is 30.7 Å². The van der Waals surface area contributed by atoms with E-state index >= 15 is 0 Å². The van der Waals surface area contributed by atoms with E-state index in [1.54, 1.807) is 0 Å². The van der Waals surface area contributed by atoms with E-state index in [0.29, 0.717) is 6.04 Å². The Morgan fingerprint density at radius 1 is 1.21 bits per heavy atom. The minimum atomic E-state index is 0.219. The molecule has 3 atom stereocenters. The van der Waals surface area contributed by atoms with E-state index in [2.05, 4.69) is 41.3 Å². The van der Waals surface area contributed by atoms with E-state index in [4.69, 9.17) is 4.99 Å². The van der Waals surface area contributed by atoms with Gasteiger partial charge in [-0.25, -0.2) is 0 Å². The zero-order valence-electron chi connectivity index (χ0n) is 11.0. The van der Waals surface area contributed by atoms with Crippen LogP contribution in [-0.2, 0) is 5.41 Å². The van der Waals surface area contributed by atoms with Crippen molar-refractivity contribution in [3.05, 3.63) is 42.0 Å². The van der Waals surface area contributed by atoms with Gasteiger partial charge in [0.15, 0.2) is 0 Å². The third-order valence-corrected chi connectivity index (χ3v) is 5.66. The first-order chi connectivity index (χ1) is 9.39. The van der Waals surface area contributed by atoms with Gasteiger partial charge in [-0.05, 0) is 56.0 Å². The molecule has 1 aliphatic carbocycles. The summed E-state index contributed by atoms with van der Waals surface area (Å²) in [5.41, 5.74) is 4.26. The fourth-order valence-electron chi connectivity index (χ4n) is 4.99. The van der Waals surface area contributed by atoms with E-state index in [9.17, 15) is 0 Å². The summed E-state index contributed by atoms with van der Waals surface area (Å²) in [4.78, 5) is 7.67. The van der Waals surface area contributed by atoms with Gasteiger partial charge >= 0.3 is 0 Å². The average molecular weight is 250 g/mol. The summed E-state index contributed by atoms with van der Waals surface area (Å²) in [5, 5.41) is 0. The number of fused-ring (bicyclic) bond motifs is 1. The van der Waals surface area contributed by atoms with Gasteiger partial charge in [-0.15, -0.1) is 0 Å². The van der Waals surface area contributed by atoms with Crippen LogP contribution in [0.5, 0.6) is 0 Å². The third kappa shape index (κ3) is 1.10. The van der Waals surface area contributed by atoms with Gasteiger partial charge in [-0.1, -0.05) is 24.3 Å². The Bertz CT molecular complexity index is 615. The molecule has 0 aromatic heterocycles. The fourth-order valence-corrected chi connectivity index (χ4v) is 4.99. The highest BCUT2D eigenvalue weighted by atomic mass is 15.2. The molecule has 5 rings (SSSR count). The summed E-state index contributed by atoms with van der Waals surface area (Å²) in [6.45, 7) is 2.53. The zero-order chi connectivity index (χ0) is 12.4. The first-order valence-electron chi connectivity index (χ1n) is 7.50. The van der Waals surface area contributed by atoms with Crippen LogP contribution >= 0.6 is 0 Å². The Morgan fingerprint density at radius 2 is 2.16 bits per heavy atom. The van der Waals surface area contributed by atoms with Gasteiger partial charge < -0.3 is 0 Å². The third-order valence-electron chi connectivity index (χ3n) is 5.66. The molecule has 0 saturated carbocycles. The maximum atomic E-state index is 4.94. The van der Waals surface area contributed by atoms with E-state index in [-0.39, 0.29) is 5.41 Å². The molecule has 0 unspecified atom stereocenters. The van der Waals surface area contributed by atoms with Crippen LogP contribution in [0.2, 0.25) is 0 Å². The topological polar surface area (TPSA) is 15.6 Å². The lowest BCUT2D eigenvalue weighted by Gasteiger charge is -2.46. The minimum absolute atomic E-state index is 0.219. The average Bonchev–Trinajstić information content (AvgIpc) is 3.00. The lowest BCUT2D eigenvalue weighted by atomic mass is 9.63. The van der Waals surface area contributed by atoms with Crippen molar-refractivity contribution in [1.29, 1.82) is 0 Å².